The Morgan fingerprint density at radius 2 is 0.604 bits per heavy atom. The molecule has 750 valence electrons. The zero-order valence-corrected chi connectivity index (χ0v) is 82.6. The monoisotopic (exact) mass is 2010 g/mol. The molecule has 33 heteroatoms. The van der Waals surface area contributed by atoms with E-state index in [0.717, 1.165) is 74.3 Å². The van der Waals surface area contributed by atoms with Crippen LogP contribution in [0.15, 0.2) is 317 Å². The maximum absolute atomic E-state index is 13.9. The van der Waals surface area contributed by atoms with E-state index < -0.39 is 91.4 Å². The first-order chi connectivity index (χ1) is 70.7. The number of aryl methyl sites for hydroxylation is 5. The second-order valence-electron chi connectivity index (χ2n) is 38.2. The number of halogens is 9. The van der Waals surface area contributed by atoms with E-state index in [1.807, 2.05) is 109 Å². The Labute approximate surface area is 850 Å². The third-order valence-corrected chi connectivity index (χ3v) is 26.3. The number of hydrogen-bond donors (Lipinski definition) is 4. The number of benzene rings is 10. The number of fused-ring (bicyclic) bond motifs is 4. The molecule has 4 aliphatic heterocycles. The number of aromatic nitrogens is 8. The molecule has 0 bridgehead atoms. The van der Waals surface area contributed by atoms with Crippen molar-refractivity contribution in [3.8, 4) is 44.5 Å². The van der Waals surface area contributed by atoms with Crippen LogP contribution in [0.1, 0.15) is 164 Å². The number of carbonyl (C=O) groups excluding carboxylic acids is 8. The predicted molar refractivity (Wildman–Crippen MR) is 553 cm³/mol. The fraction of sp³-hybridized carbons (Fsp3) is 0.172. The Kier molecular flexibility index (Phi) is 27.7. The lowest BCUT2D eigenvalue weighted by Crippen LogP contribution is -2.34. The van der Waals surface area contributed by atoms with Crippen LogP contribution in [0, 0.1) is 34.6 Å². The van der Waals surface area contributed by atoms with E-state index in [-0.39, 0.29) is 41.0 Å². The first-order valence-corrected chi connectivity index (χ1v) is 47.0. The van der Waals surface area contributed by atoms with Gasteiger partial charge in [-0.2, -0.15) is 39.5 Å². The van der Waals surface area contributed by atoms with Crippen molar-refractivity contribution < 1.29 is 77.9 Å². The molecular formula is C116H95F9N16O8. The van der Waals surface area contributed by atoms with Crippen LogP contribution < -0.4 is 40.9 Å². The van der Waals surface area contributed by atoms with Gasteiger partial charge in [-0.15, -0.1) is 0 Å². The van der Waals surface area contributed by atoms with Gasteiger partial charge < -0.3 is 21.3 Å². The second kappa shape index (κ2) is 40.2. The average molecular weight is 2010 g/mol. The highest BCUT2D eigenvalue weighted by atomic mass is 19.4. The average Bonchev–Trinajstić information content (AvgIpc) is 1.58. The van der Waals surface area contributed by atoms with Crippen LogP contribution in [0.25, 0.3) is 44.5 Å². The predicted octanol–water partition coefficient (Wildman–Crippen LogP) is 26.0. The molecule has 4 N–H and O–H groups in total. The molecule has 6 aromatic heterocycles. The van der Waals surface area contributed by atoms with Crippen molar-refractivity contribution in [2.24, 2.45) is 0 Å². The lowest BCUT2D eigenvalue weighted by atomic mass is 9.81. The summed E-state index contributed by atoms with van der Waals surface area (Å²) < 4.78 is 125. The van der Waals surface area contributed by atoms with Crippen LogP contribution in [0.2, 0.25) is 0 Å². The summed E-state index contributed by atoms with van der Waals surface area (Å²) in [7, 11) is 0. The minimum absolute atomic E-state index is 0.0228. The number of amides is 8. The maximum atomic E-state index is 13.9. The van der Waals surface area contributed by atoms with Crippen molar-refractivity contribution in [2.45, 2.75) is 130 Å². The molecule has 0 saturated carbocycles. The molecule has 4 aliphatic rings. The van der Waals surface area contributed by atoms with Gasteiger partial charge in [0.1, 0.15) is 0 Å². The summed E-state index contributed by atoms with van der Waals surface area (Å²) in [5.41, 5.74) is 8.99. The van der Waals surface area contributed by atoms with Crippen LogP contribution >= 0.6 is 0 Å². The van der Waals surface area contributed by atoms with Gasteiger partial charge in [-0.05, 0) is 285 Å². The van der Waals surface area contributed by atoms with Crippen molar-refractivity contribution in [1.82, 2.24) is 39.9 Å². The van der Waals surface area contributed by atoms with Gasteiger partial charge in [-0.3, -0.25) is 78.0 Å². The van der Waals surface area contributed by atoms with Gasteiger partial charge in [0.15, 0.2) is 11.5 Å². The van der Waals surface area contributed by atoms with E-state index in [4.69, 9.17) is 0 Å². The molecule has 149 heavy (non-hydrogen) atoms. The topological polar surface area (TPSA) is 301 Å². The molecule has 10 aromatic carbocycles. The fourth-order valence-electron chi connectivity index (χ4n) is 18.8. The van der Waals surface area contributed by atoms with E-state index in [9.17, 15) is 77.9 Å². The van der Waals surface area contributed by atoms with Crippen LogP contribution in [-0.4, -0.2) is 87.1 Å². The normalized spacial score (nSPS) is 14.3. The SMILES string of the molecule is Cc1ccc(NC(=O)c2cc(-c3cccc4c3C(C)(C)C(=O)N4c3cccnc3)cnc2C(F)(F)F)cc1.Cc1ccc(NC(=O)c2cc(-c3cccc4c3C(C)(C)C(=O)N4c3cccnc3)cnc2C)cc1.Cc1ccc(NC(=O)c2cc(-c3cccc4c3C(C)(C)C(=O)N4c3cnccn3)ccc2C(F)(F)F)cc1.Cc1ccc(NC(=O)c2cc(-c3cccc4c3C(C)(C)C(=O)N4c3ncccn3)ccc2C(F)(F)F)cc1. The molecule has 0 fully saturated rings. The summed E-state index contributed by atoms with van der Waals surface area (Å²) in [6.07, 6.45) is 2.59. The number of nitrogens with one attached hydrogen (secondary N) is 4. The highest BCUT2D eigenvalue weighted by molar-refractivity contribution is 6.19. The molecule has 0 saturated heterocycles. The minimum Gasteiger partial charge on any atom is -0.322 e. The quantitative estimate of drug-likeness (QED) is 0.0654. The summed E-state index contributed by atoms with van der Waals surface area (Å²) >= 11 is 0. The number of hydrogen-bond acceptors (Lipinski definition) is 16. The summed E-state index contributed by atoms with van der Waals surface area (Å²) in [6.45, 7) is 23.8. The third kappa shape index (κ3) is 20.3. The summed E-state index contributed by atoms with van der Waals surface area (Å²) in [6, 6.07) is 68.2. The minimum atomic E-state index is -4.84. The largest absolute Gasteiger partial charge is 0.434 e. The van der Waals surface area contributed by atoms with Crippen molar-refractivity contribution >= 4 is 116 Å². The smallest absolute Gasteiger partial charge is 0.322 e. The van der Waals surface area contributed by atoms with E-state index in [1.165, 1.54) is 71.1 Å². The van der Waals surface area contributed by atoms with Crippen LogP contribution in [0.5, 0.6) is 0 Å². The molecular weight excluding hydrogens is 1920 g/mol. The van der Waals surface area contributed by atoms with Gasteiger partial charge in [-0.25, -0.2) is 19.9 Å². The zero-order valence-electron chi connectivity index (χ0n) is 82.6. The maximum Gasteiger partial charge on any atom is 0.434 e. The number of alkyl halides is 9. The number of nitrogens with zero attached hydrogens (tertiary/aromatic N) is 12. The highest BCUT2D eigenvalue weighted by Gasteiger charge is 2.52. The Balaban J connectivity index is 0.000000135. The number of carbonyl (C=O) groups is 8. The Morgan fingerprint density at radius 3 is 0.960 bits per heavy atom. The van der Waals surface area contributed by atoms with Gasteiger partial charge in [0.2, 0.25) is 29.6 Å². The van der Waals surface area contributed by atoms with E-state index in [0.29, 0.717) is 101 Å². The lowest BCUT2D eigenvalue weighted by molar-refractivity contribution is -0.141. The van der Waals surface area contributed by atoms with Crippen molar-refractivity contribution in [3.63, 3.8) is 0 Å². The lowest BCUT2D eigenvalue weighted by Gasteiger charge is -2.21. The third-order valence-electron chi connectivity index (χ3n) is 26.3. The summed E-state index contributed by atoms with van der Waals surface area (Å²) in [4.78, 5) is 146. The zero-order chi connectivity index (χ0) is 106. The molecule has 0 aliphatic carbocycles. The molecule has 24 nitrogen and oxygen atoms in total. The van der Waals surface area contributed by atoms with Gasteiger partial charge in [-0.1, -0.05) is 131 Å². The highest BCUT2D eigenvalue weighted by Crippen LogP contribution is 2.55. The molecule has 10 heterocycles. The number of anilines is 12. The molecule has 0 unspecified atom stereocenters. The first kappa shape index (κ1) is 103. The Bertz CT molecular complexity index is 7400. The summed E-state index contributed by atoms with van der Waals surface area (Å²) in [5.74, 6) is -3.12. The molecule has 8 amide bonds. The van der Waals surface area contributed by atoms with Crippen LogP contribution in [-0.2, 0) is 59.4 Å². The van der Waals surface area contributed by atoms with E-state index >= 15 is 0 Å². The second-order valence-corrected chi connectivity index (χ2v) is 38.2. The molecule has 16 aromatic rings. The fourth-order valence-corrected chi connectivity index (χ4v) is 18.8. The standard InChI is InChI=1S/3C29H23F3N4O2.C29H26N4O2/c1-17-9-11-19(12-10-17)35-26(37)22-14-18(15-34-25(22)29(30,31)32)21-7-4-8-23-24(21)28(2,3)27(38)36(23)20-6-5-13-33-16-20;1-17-8-11-19(12-9-17)35-25(37)21-16-18(10-13-22(21)29(30,31)32)20-6-4-7-23-24(20)28(2,3)26(38)36(23)27-33-14-5-15-34-27;1-17-7-10-19(11-8-17)35-26(37)21-15-18(9-12-22(21)29(30,31)32)20-5-4-6-23-25(20)28(2,3)27(38)36(23)24-16-33-13-14-34-24;1-18-10-12-21(13-11-18)32-27(34)24-15-20(16-31-19(24)2)23-8-5-9-25-26(23)29(3,4)28(35)33(25)22-7-6-14-30-17-22/h3*4-16H,1-3H3,(H,35,37);5-17H,1-4H3,(H,32,34). The van der Waals surface area contributed by atoms with Crippen molar-refractivity contribution in [3.05, 3.63) is 406 Å². The van der Waals surface area contributed by atoms with E-state index in [2.05, 4.69) is 61.1 Å². The van der Waals surface area contributed by atoms with Gasteiger partial charge in [0.05, 0.1) is 113 Å². The van der Waals surface area contributed by atoms with Crippen LogP contribution in [0.4, 0.5) is 108 Å². The molecule has 0 radical (unpaired) electrons. The van der Waals surface area contributed by atoms with E-state index in [1.54, 1.807) is 228 Å². The molecule has 20 rings (SSSR count). The van der Waals surface area contributed by atoms with Crippen LogP contribution in [0.3, 0.4) is 0 Å². The summed E-state index contributed by atoms with van der Waals surface area (Å²) in [5, 5.41) is 10.6. The number of rotatable bonds is 16. The molecule has 0 atom stereocenters. The first-order valence-electron chi connectivity index (χ1n) is 47.0. The van der Waals surface area contributed by atoms with Crippen molar-refractivity contribution in [2.75, 3.05) is 40.9 Å². The van der Waals surface area contributed by atoms with Crippen molar-refractivity contribution in [1.29, 1.82) is 0 Å². The van der Waals surface area contributed by atoms with Gasteiger partial charge >= 0.3 is 18.5 Å². The Morgan fingerprint density at radius 1 is 0.282 bits per heavy atom. The molecule has 0 spiro atoms. The van der Waals surface area contributed by atoms with Gasteiger partial charge in [0, 0.05) is 83.5 Å². The number of pyridine rings is 4. The Hall–Kier alpha value is -17.9. The van der Waals surface area contributed by atoms with Gasteiger partial charge in [0.25, 0.3) is 23.6 Å².